The summed E-state index contributed by atoms with van der Waals surface area (Å²) in [5, 5.41) is 0. The minimum absolute atomic E-state index is 0.357. The Labute approximate surface area is 153 Å². The summed E-state index contributed by atoms with van der Waals surface area (Å²) >= 11 is 0. The van der Waals surface area contributed by atoms with Crippen molar-refractivity contribution in [3.63, 3.8) is 0 Å². The van der Waals surface area contributed by atoms with E-state index in [1.54, 1.807) is 6.33 Å². The molecule has 3 aromatic heterocycles. The first-order valence-electron chi connectivity index (χ1n) is 8.99. The number of nitrogens with one attached hydrogen (secondary N) is 1. The standard InChI is InChI=1S/C19H23N7/c1-12-7-18(22-11-21-12)26-6-4-5-15(10-26)16-8-17(25-14(3)24-16)19-20-9-13(2)23-19/h7-9,11,15H,4-6,10H2,1-3H3,(H,20,23)/t15-/m1/s1. The SMILES string of the molecule is Cc1cc(N2CCC[C@@H](c3cc(-c4ncc(C)[nH]4)nc(C)n3)C2)ncn1. The fourth-order valence-electron chi connectivity index (χ4n) is 3.50. The number of aryl methyl sites for hydroxylation is 3. The van der Waals surface area contributed by atoms with E-state index in [1.165, 1.54) is 0 Å². The van der Waals surface area contributed by atoms with Gasteiger partial charge in [-0.1, -0.05) is 0 Å². The highest BCUT2D eigenvalue weighted by Crippen LogP contribution is 2.29. The van der Waals surface area contributed by atoms with Crippen LogP contribution in [0.1, 0.15) is 41.7 Å². The van der Waals surface area contributed by atoms with Crippen molar-refractivity contribution in [2.45, 2.75) is 39.5 Å². The Kier molecular flexibility index (Phi) is 4.36. The Bertz CT molecular complexity index is 918. The number of rotatable bonds is 3. The lowest BCUT2D eigenvalue weighted by atomic mass is 9.94. The summed E-state index contributed by atoms with van der Waals surface area (Å²) in [6.45, 7) is 7.86. The third kappa shape index (κ3) is 3.42. The van der Waals surface area contributed by atoms with Gasteiger partial charge in [-0.2, -0.15) is 0 Å². The Morgan fingerprint density at radius 1 is 1.08 bits per heavy atom. The molecular weight excluding hydrogens is 326 g/mol. The van der Waals surface area contributed by atoms with Gasteiger partial charge in [-0.3, -0.25) is 0 Å². The molecule has 26 heavy (non-hydrogen) atoms. The van der Waals surface area contributed by atoms with E-state index in [0.29, 0.717) is 5.92 Å². The summed E-state index contributed by atoms with van der Waals surface area (Å²) in [5.41, 5.74) is 3.96. The molecule has 0 amide bonds. The monoisotopic (exact) mass is 349 g/mol. The summed E-state index contributed by atoms with van der Waals surface area (Å²) in [6.07, 6.45) is 5.70. The molecule has 1 saturated heterocycles. The van der Waals surface area contributed by atoms with Crippen LogP contribution in [-0.4, -0.2) is 43.0 Å². The molecule has 134 valence electrons. The highest BCUT2D eigenvalue weighted by Gasteiger charge is 2.24. The number of hydrogen-bond acceptors (Lipinski definition) is 6. The predicted octanol–water partition coefficient (Wildman–Crippen LogP) is 2.97. The molecular formula is C19H23N7. The number of piperidine rings is 1. The molecule has 7 nitrogen and oxygen atoms in total. The maximum atomic E-state index is 4.72. The van der Waals surface area contributed by atoms with Crippen LogP contribution in [0.5, 0.6) is 0 Å². The van der Waals surface area contributed by atoms with Crippen molar-refractivity contribution < 1.29 is 0 Å². The van der Waals surface area contributed by atoms with Gasteiger partial charge in [0.2, 0.25) is 0 Å². The van der Waals surface area contributed by atoms with Gasteiger partial charge in [-0.05, 0) is 39.7 Å². The minimum atomic E-state index is 0.357. The van der Waals surface area contributed by atoms with Crippen molar-refractivity contribution >= 4 is 5.82 Å². The average Bonchev–Trinajstić information content (AvgIpc) is 3.08. The largest absolute Gasteiger partial charge is 0.356 e. The molecule has 0 aromatic carbocycles. The summed E-state index contributed by atoms with van der Waals surface area (Å²) < 4.78 is 0. The zero-order valence-corrected chi connectivity index (χ0v) is 15.4. The molecule has 1 N–H and O–H groups in total. The van der Waals surface area contributed by atoms with Crippen molar-refractivity contribution in [3.8, 4) is 11.5 Å². The van der Waals surface area contributed by atoms with Crippen molar-refractivity contribution in [2.24, 2.45) is 0 Å². The van der Waals surface area contributed by atoms with Crippen LogP contribution < -0.4 is 4.90 Å². The second kappa shape index (κ2) is 6.82. The zero-order valence-electron chi connectivity index (χ0n) is 15.4. The van der Waals surface area contributed by atoms with E-state index in [1.807, 2.05) is 33.0 Å². The molecule has 0 saturated carbocycles. The number of hydrogen-bond donors (Lipinski definition) is 1. The number of imidazole rings is 1. The normalized spacial score (nSPS) is 17.5. The van der Waals surface area contributed by atoms with Crippen LogP contribution in [0.4, 0.5) is 5.82 Å². The Balaban J connectivity index is 1.61. The highest BCUT2D eigenvalue weighted by molar-refractivity contribution is 5.50. The molecule has 1 aliphatic heterocycles. The lowest BCUT2D eigenvalue weighted by Crippen LogP contribution is -2.35. The van der Waals surface area contributed by atoms with Crippen LogP contribution in [0, 0.1) is 20.8 Å². The van der Waals surface area contributed by atoms with E-state index in [4.69, 9.17) is 4.98 Å². The van der Waals surface area contributed by atoms with Gasteiger partial charge >= 0.3 is 0 Å². The van der Waals surface area contributed by atoms with E-state index in [2.05, 4.69) is 35.9 Å². The van der Waals surface area contributed by atoms with Crippen LogP contribution in [0.2, 0.25) is 0 Å². The molecule has 0 radical (unpaired) electrons. The van der Waals surface area contributed by atoms with Crippen LogP contribution >= 0.6 is 0 Å². The van der Waals surface area contributed by atoms with Crippen LogP contribution in [0.3, 0.4) is 0 Å². The van der Waals surface area contributed by atoms with Gasteiger partial charge < -0.3 is 9.88 Å². The lowest BCUT2D eigenvalue weighted by Gasteiger charge is -2.33. The first-order chi connectivity index (χ1) is 12.6. The quantitative estimate of drug-likeness (QED) is 0.783. The van der Waals surface area contributed by atoms with Gasteiger partial charge in [0.05, 0.1) is 0 Å². The number of aromatic nitrogens is 6. The molecule has 4 rings (SSSR count). The molecule has 1 aliphatic rings. The number of anilines is 1. The minimum Gasteiger partial charge on any atom is -0.356 e. The number of H-pyrrole nitrogens is 1. The van der Waals surface area contributed by atoms with Gasteiger partial charge in [0, 0.05) is 48.4 Å². The molecule has 0 spiro atoms. The Morgan fingerprint density at radius 2 is 1.96 bits per heavy atom. The van der Waals surface area contributed by atoms with Gasteiger partial charge in [-0.25, -0.2) is 24.9 Å². The first kappa shape index (κ1) is 16.6. The maximum Gasteiger partial charge on any atom is 0.156 e. The molecule has 0 unspecified atom stereocenters. The Morgan fingerprint density at radius 3 is 2.73 bits per heavy atom. The van der Waals surface area contributed by atoms with Gasteiger partial charge in [0.15, 0.2) is 5.82 Å². The van der Waals surface area contributed by atoms with Crippen molar-refractivity contribution in [1.29, 1.82) is 0 Å². The van der Waals surface area contributed by atoms with E-state index in [0.717, 1.165) is 66.2 Å². The van der Waals surface area contributed by atoms with E-state index in [9.17, 15) is 0 Å². The van der Waals surface area contributed by atoms with E-state index in [-0.39, 0.29) is 0 Å². The zero-order chi connectivity index (χ0) is 18.1. The van der Waals surface area contributed by atoms with Crippen LogP contribution in [0.15, 0.2) is 24.7 Å². The van der Waals surface area contributed by atoms with E-state index < -0.39 is 0 Å². The second-order valence-corrected chi connectivity index (χ2v) is 6.94. The molecule has 3 aromatic rings. The molecule has 4 heterocycles. The fraction of sp³-hybridized carbons (Fsp3) is 0.421. The highest BCUT2D eigenvalue weighted by atomic mass is 15.2. The predicted molar refractivity (Wildman–Crippen MR) is 100 cm³/mol. The summed E-state index contributed by atoms with van der Waals surface area (Å²) in [6, 6.07) is 4.12. The maximum absolute atomic E-state index is 4.72. The topological polar surface area (TPSA) is 83.5 Å². The van der Waals surface area contributed by atoms with Crippen molar-refractivity contribution in [3.05, 3.63) is 47.6 Å². The van der Waals surface area contributed by atoms with Gasteiger partial charge in [0.1, 0.15) is 23.7 Å². The average molecular weight is 349 g/mol. The van der Waals surface area contributed by atoms with E-state index >= 15 is 0 Å². The molecule has 0 bridgehead atoms. The van der Waals surface area contributed by atoms with Crippen molar-refractivity contribution in [1.82, 2.24) is 29.9 Å². The number of aromatic amines is 1. The third-order valence-corrected chi connectivity index (χ3v) is 4.76. The molecule has 1 fully saturated rings. The summed E-state index contributed by atoms with van der Waals surface area (Å²) in [4.78, 5) is 27.9. The molecule has 0 aliphatic carbocycles. The molecule has 7 heteroatoms. The number of nitrogens with zero attached hydrogens (tertiary/aromatic N) is 6. The third-order valence-electron chi connectivity index (χ3n) is 4.76. The molecule has 1 atom stereocenters. The van der Waals surface area contributed by atoms with Crippen LogP contribution in [0.25, 0.3) is 11.5 Å². The van der Waals surface area contributed by atoms with Gasteiger partial charge in [0.25, 0.3) is 0 Å². The second-order valence-electron chi connectivity index (χ2n) is 6.94. The van der Waals surface area contributed by atoms with Crippen LogP contribution in [-0.2, 0) is 0 Å². The lowest BCUT2D eigenvalue weighted by molar-refractivity contribution is 0.497. The Hall–Kier alpha value is -2.83. The summed E-state index contributed by atoms with van der Waals surface area (Å²) in [5.74, 6) is 2.93. The first-order valence-corrected chi connectivity index (χ1v) is 8.99. The van der Waals surface area contributed by atoms with Crippen molar-refractivity contribution in [2.75, 3.05) is 18.0 Å². The smallest absolute Gasteiger partial charge is 0.156 e. The summed E-state index contributed by atoms with van der Waals surface area (Å²) in [7, 11) is 0. The van der Waals surface area contributed by atoms with Gasteiger partial charge in [-0.15, -0.1) is 0 Å². The fourth-order valence-corrected chi connectivity index (χ4v) is 3.50.